The standard InChI is InChI=1S/C12H12N4O2/c17-12(16-6-1-2-7-16)11-14-10(15-18-11)9-4-3-5-13-8-9/h3-5,8H,1-2,6-7H2. The van der Waals surface area contributed by atoms with Crippen LogP contribution in [0, 0.1) is 0 Å². The Bertz CT molecular complexity index is 546. The van der Waals surface area contributed by atoms with Crippen LogP contribution in [0.15, 0.2) is 29.0 Å². The Morgan fingerprint density at radius 3 is 2.89 bits per heavy atom. The molecular weight excluding hydrogens is 232 g/mol. The predicted octanol–water partition coefficient (Wildman–Crippen LogP) is 1.37. The van der Waals surface area contributed by atoms with Crippen LogP contribution in [0.5, 0.6) is 0 Å². The molecule has 1 amide bonds. The smallest absolute Gasteiger partial charge is 0.316 e. The van der Waals surface area contributed by atoms with Gasteiger partial charge in [0.2, 0.25) is 5.82 Å². The van der Waals surface area contributed by atoms with Gasteiger partial charge < -0.3 is 9.42 Å². The second-order valence-corrected chi connectivity index (χ2v) is 4.16. The van der Waals surface area contributed by atoms with Gasteiger partial charge in [-0.3, -0.25) is 9.78 Å². The number of hydrogen-bond donors (Lipinski definition) is 0. The number of carbonyl (C=O) groups is 1. The van der Waals surface area contributed by atoms with Crippen molar-refractivity contribution in [3.8, 4) is 11.4 Å². The zero-order valence-electron chi connectivity index (χ0n) is 9.74. The van der Waals surface area contributed by atoms with Gasteiger partial charge in [-0.05, 0) is 25.0 Å². The zero-order valence-corrected chi connectivity index (χ0v) is 9.74. The molecule has 0 aliphatic carbocycles. The highest BCUT2D eigenvalue weighted by molar-refractivity contribution is 5.90. The summed E-state index contributed by atoms with van der Waals surface area (Å²) in [6.45, 7) is 1.53. The minimum Gasteiger partial charge on any atom is -0.334 e. The fourth-order valence-corrected chi connectivity index (χ4v) is 1.98. The summed E-state index contributed by atoms with van der Waals surface area (Å²) >= 11 is 0. The van der Waals surface area contributed by atoms with Gasteiger partial charge in [-0.15, -0.1) is 0 Å². The van der Waals surface area contributed by atoms with E-state index in [0.717, 1.165) is 31.5 Å². The molecule has 0 N–H and O–H groups in total. The first kappa shape index (κ1) is 10.9. The molecule has 92 valence electrons. The molecule has 0 radical (unpaired) electrons. The second-order valence-electron chi connectivity index (χ2n) is 4.16. The Balaban J connectivity index is 1.83. The lowest BCUT2D eigenvalue weighted by Crippen LogP contribution is -2.27. The van der Waals surface area contributed by atoms with Crippen LogP contribution >= 0.6 is 0 Å². The van der Waals surface area contributed by atoms with Crippen molar-refractivity contribution in [2.75, 3.05) is 13.1 Å². The maximum absolute atomic E-state index is 12.0. The number of amides is 1. The van der Waals surface area contributed by atoms with Gasteiger partial charge in [-0.2, -0.15) is 4.98 Å². The SMILES string of the molecule is O=C(c1nc(-c2cccnc2)no1)N1CCCC1. The number of likely N-dealkylation sites (tertiary alicyclic amines) is 1. The third-order valence-electron chi connectivity index (χ3n) is 2.92. The third-order valence-corrected chi connectivity index (χ3v) is 2.92. The van der Waals surface area contributed by atoms with Crippen molar-refractivity contribution in [2.24, 2.45) is 0 Å². The average molecular weight is 244 g/mol. The minimum absolute atomic E-state index is 0.0516. The van der Waals surface area contributed by atoms with Gasteiger partial charge in [-0.1, -0.05) is 5.16 Å². The number of pyridine rings is 1. The highest BCUT2D eigenvalue weighted by Crippen LogP contribution is 2.16. The number of rotatable bonds is 2. The van der Waals surface area contributed by atoms with Crippen LogP contribution in [0.4, 0.5) is 0 Å². The van der Waals surface area contributed by atoms with Crippen molar-refractivity contribution in [3.63, 3.8) is 0 Å². The molecule has 0 spiro atoms. The van der Waals surface area contributed by atoms with Gasteiger partial charge in [0.05, 0.1) is 0 Å². The lowest BCUT2D eigenvalue weighted by Gasteiger charge is -2.10. The van der Waals surface area contributed by atoms with E-state index in [1.165, 1.54) is 0 Å². The molecule has 0 aromatic carbocycles. The molecule has 0 atom stereocenters. The largest absolute Gasteiger partial charge is 0.334 e. The van der Waals surface area contributed by atoms with Crippen molar-refractivity contribution < 1.29 is 9.32 Å². The van der Waals surface area contributed by atoms with E-state index < -0.39 is 0 Å². The fraction of sp³-hybridized carbons (Fsp3) is 0.333. The normalized spacial score (nSPS) is 15.0. The number of aromatic nitrogens is 3. The molecule has 0 saturated carbocycles. The summed E-state index contributed by atoms with van der Waals surface area (Å²) < 4.78 is 5.01. The van der Waals surface area contributed by atoms with Gasteiger partial charge >= 0.3 is 11.8 Å². The Hall–Kier alpha value is -2.24. The van der Waals surface area contributed by atoms with Crippen LogP contribution in [0.2, 0.25) is 0 Å². The quantitative estimate of drug-likeness (QED) is 0.797. The summed E-state index contributed by atoms with van der Waals surface area (Å²) in [6.07, 6.45) is 5.37. The van der Waals surface area contributed by atoms with Crippen LogP contribution in [-0.2, 0) is 0 Å². The minimum atomic E-state index is -0.185. The van der Waals surface area contributed by atoms with E-state index in [0.29, 0.717) is 5.82 Å². The van der Waals surface area contributed by atoms with Crippen LogP contribution in [-0.4, -0.2) is 39.0 Å². The van der Waals surface area contributed by atoms with Gasteiger partial charge in [0.1, 0.15) is 0 Å². The van der Waals surface area contributed by atoms with Crippen LogP contribution in [0.1, 0.15) is 23.5 Å². The molecule has 6 nitrogen and oxygen atoms in total. The molecule has 18 heavy (non-hydrogen) atoms. The van der Waals surface area contributed by atoms with E-state index in [9.17, 15) is 4.79 Å². The summed E-state index contributed by atoms with van der Waals surface area (Å²) in [7, 11) is 0. The molecule has 3 heterocycles. The third kappa shape index (κ3) is 1.97. The molecule has 1 fully saturated rings. The molecule has 0 bridgehead atoms. The lowest BCUT2D eigenvalue weighted by atomic mass is 10.3. The monoisotopic (exact) mass is 244 g/mol. The van der Waals surface area contributed by atoms with Crippen molar-refractivity contribution in [2.45, 2.75) is 12.8 Å². The molecule has 2 aromatic heterocycles. The van der Waals surface area contributed by atoms with E-state index in [1.807, 2.05) is 6.07 Å². The van der Waals surface area contributed by atoms with Gasteiger partial charge in [0.15, 0.2) is 0 Å². The summed E-state index contributed by atoms with van der Waals surface area (Å²) in [4.78, 5) is 21.8. The van der Waals surface area contributed by atoms with E-state index in [2.05, 4.69) is 15.1 Å². The summed E-state index contributed by atoms with van der Waals surface area (Å²) in [5, 5.41) is 3.81. The van der Waals surface area contributed by atoms with Crippen LogP contribution in [0.25, 0.3) is 11.4 Å². The van der Waals surface area contributed by atoms with Gasteiger partial charge in [-0.25, -0.2) is 0 Å². The number of hydrogen-bond acceptors (Lipinski definition) is 5. The van der Waals surface area contributed by atoms with E-state index in [4.69, 9.17) is 4.52 Å². The Kier molecular flexibility index (Phi) is 2.76. The van der Waals surface area contributed by atoms with Gasteiger partial charge in [0.25, 0.3) is 0 Å². The van der Waals surface area contributed by atoms with Gasteiger partial charge in [0, 0.05) is 31.0 Å². The fourth-order valence-electron chi connectivity index (χ4n) is 1.98. The number of carbonyl (C=O) groups excluding carboxylic acids is 1. The van der Waals surface area contributed by atoms with Crippen molar-refractivity contribution in [1.29, 1.82) is 0 Å². The van der Waals surface area contributed by atoms with Crippen molar-refractivity contribution in [3.05, 3.63) is 30.4 Å². The Labute approximate surface area is 104 Å². The van der Waals surface area contributed by atoms with Crippen molar-refractivity contribution in [1.82, 2.24) is 20.0 Å². The molecule has 1 aliphatic heterocycles. The molecule has 0 unspecified atom stereocenters. The molecule has 3 rings (SSSR count). The lowest BCUT2D eigenvalue weighted by molar-refractivity contribution is 0.0743. The first-order chi connectivity index (χ1) is 8.84. The van der Waals surface area contributed by atoms with Crippen LogP contribution < -0.4 is 0 Å². The van der Waals surface area contributed by atoms with E-state index in [1.54, 1.807) is 23.4 Å². The van der Waals surface area contributed by atoms with E-state index in [-0.39, 0.29) is 11.8 Å². The summed E-state index contributed by atoms with van der Waals surface area (Å²) in [5.41, 5.74) is 0.738. The highest BCUT2D eigenvalue weighted by atomic mass is 16.5. The van der Waals surface area contributed by atoms with Crippen molar-refractivity contribution >= 4 is 5.91 Å². The van der Waals surface area contributed by atoms with E-state index >= 15 is 0 Å². The first-order valence-corrected chi connectivity index (χ1v) is 5.88. The Morgan fingerprint density at radius 1 is 1.33 bits per heavy atom. The summed E-state index contributed by atoms with van der Waals surface area (Å²) in [6, 6.07) is 3.61. The predicted molar refractivity (Wildman–Crippen MR) is 62.7 cm³/mol. The molecular formula is C12H12N4O2. The second kappa shape index (κ2) is 4.56. The molecule has 1 saturated heterocycles. The maximum atomic E-state index is 12.0. The molecule has 6 heteroatoms. The molecule has 2 aromatic rings. The first-order valence-electron chi connectivity index (χ1n) is 5.88. The maximum Gasteiger partial charge on any atom is 0.316 e. The summed E-state index contributed by atoms with van der Waals surface area (Å²) in [5.74, 6) is 0.261. The highest BCUT2D eigenvalue weighted by Gasteiger charge is 2.24. The topological polar surface area (TPSA) is 72.1 Å². The number of nitrogens with zero attached hydrogens (tertiary/aromatic N) is 4. The molecule has 1 aliphatic rings. The zero-order chi connectivity index (χ0) is 12.4. The average Bonchev–Trinajstić information content (AvgIpc) is 3.10. The van der Waals surface area contributed by atoms with Crippen LogP contribution in [0.3, 0.4) is 0 Å². The Morgan fingerprint density at radius 2 is 2.17 bits per heavy atom.